The summed E-state index contributed by atoms with van der Waals surface area (Å²) in [7, 11) is 0. The van der Waals surface area contributed by atoms with Crippen LogP contribution in [0, 0.1) is 62.6 Å². The molecule has 5 aliphatic rings. The number of carboxylic acids is 1. The normalized spacial score (nSPS) is 45.0. The van der Waals surface area contributed by atoms with Gasteiger partial charge in [-0.1, -0.05) is 79.1 Å². The summed E-state index contributed by atoms with van der Waals surface area (Å²) in [6.07, 6.45) is 7.75. The summed E-state index contributed by atoms with van der Waals surface area (Å²) < 4.78 is 13.7. The molecule has 4 aliphatic carbocycles. The molecule has 0 radical (unpaired) electrons. The van der Waals surface area contributed by atoms with Gasteiger partial charge in [-0.3, -0.25) is 4.79 Å². The fourth-order valence-electron chi connectivity index (χ4n) is 11.9. The third kappa shape index (κ3) is 4.58. The highest BCUT2D eigenvalue weighted by atomic mass is 16.5. The van der Waals surface area contributed by atoms with Gasteiger partial charge in [0.1, 0.15) is 6.04 Å². The molecule has 0 unspecified atom stereocenters. The topological polar surface area (TPSA) is 151 Å². The van der Waals surface area contributed by atoms with E-state index in [9.17, 15) is 9.90 Å². The number of nitrogens with zero attached hydrogens (tertiary/aromatic N) is 4. The highest BCUT2D eigenvalue weighted by Gasteiger charge is 2.72. The zero-order valence-corrected chi connectivity index (χ0v) is 29.8. The van der Waals surface area contributed by atoms with E-state index in [4.69, 9.17) is 20.9 Å². The van der Waals surface area contributed by atoms with Crippen molar-refractivity contribution in [2.75, 3.05) is 25.6 Å². The summed E-state index contributed by atoms with van der Waals surface area (Å²) in [5.41, 5.74) is 12.7. The van der Waals surface area contributed by atoms with Crippen LogP contribution in [0.4, 0.5) is 5.95 Å². The summed E-state index contributed by atoms with van der Waals surface area (Å²) in [5.74, 6) is 0.645. The average Bonchev–Trinajstić information content (AvgIpc) is 3.41. The van der Waals surface area contributed by atoms with Crippen LogP contribution in [-0.2, 0) is 14.3 Å². The predicted octanol–water partition coefficient (Wildman–Crippen LogP) is 5.75. The van der Waals surface area contributed by atoms with Gasteiger partial charge in [-0.15, -0.1) is 5.10 Å². The minimum atomic E-state index is -0.642. The van der Waals surface area contributed by atoms with Crippen molar-refractivity contribution in [3.8, 4) is 0 Å². The van der Waals surface area contributed by atoms with Crippen LogP contribution in [0.2, 0.25) is 0 Å². The number of nitrogens with two attached hydrogens (primary N) is 2. The maximum atomic E-state index is 13.5. The number of carboxylic acid groups (broad SMARTS) is 1. The molecule has 2 heterocycles. The van der Waals surface area contributed by atoms with Gasteiger partial charge in [0.05, 0.1) is 31.8 Å². The molecule has 0 spiro atoms. The van der Waals surface area contributed by atoms with Crippen molar-refractivity contribution in [3.63, 3.8) is 0 Å². The first-order chi connectivity index (χ1) is 21.5. The number of tetrazole rings is 1. The van der Waals surface area contributed by atoms with E-state index in [-0.39, 0.29) is 52.2 Å². The van der Waals surface area contributed by atoms with E-state index >= 15 is 0 Å². The lowest BCUT2D eigenvalue weighted by molar-refractivity contribution is -0.254. The van der Waals surface area contributed by atoms with Gasteiger partial charge in [-0.25, -0.2) is 0 Å². The summed E-state index contributed by atoms with van der Waals surface area (Å²) >= 11 is 0. The fourth-order valence-corrected chi connectivity index (χ4v) is 11.9. The Morgan fingerprint density at radius 3 is 2.41 bits per heavy atom. The van der Waals surface area contributed by atoms with Gasteiger partial charge in [0.2, 0.25) is 0 Å². The minimum Gasteiger partial charge on any atom is -0.481 e. The lowest BCUT2D eigenvalue weighted by Gasteiger charge is -2.71. The van der Waals surface area contributed by atoms with Crippen molar-refractivity contribution >= 4 is 11.9 Å². The van der Waals surface area contributed by atoms with Crippen molar-refractivity contribution in [1.82, 2.24) is 20.2 Å². The van der Waals surface area contributed by atoms with E-state index in [1.54, 1.807) is 4.80 Å². The van der Waals surface area contributed by atoms with Crippen molar-refractivity contribution in [2.24, 2.45) is 68.3 Å². The molecule has 46 heavy (non-hydrogen) atoms. The van der Waals surface area contributed by atoms with Crippen LogP contribution >= 0.6 is 0 Å². The first-order valence-electron chi connectivity index (χ1n) is 17.9. The number of allylic oxidation sites excluding steroid dienone is 1. The average molecular weight is 641 g/mol. The predicted molar refractivity (Wildman–Crippen MR) is 177 cm³/mol. The highest BCUT2D eigenvalue weighted by Crippen LogP contribution is 2.75. The summed E-state index contributed by atoms with van der Waals surface area (Å²) in [6.45, 7) is 22.0. The zero-order chi connectivity index (χ0) is 33.6. The summed E-state index contributed by atoms with van der Waals surface area (Å²) in [5, 5.41) is 24.1. The molecule has 10 heteroatoms. The van der Waals surface area contributed by atoms with Crippen LogP contribution in [0.1, 0.15) is 107 Å². The standard InChI is InChI=1S/C36H60N6O4/c1-20(2)22(5)33(7)14-15-34(8)23-10-11-27-32(6)16-26(42-40-31(38)39-41-42)29(46-17-25(37)21(3)4)36(27,19-45-18-32)24(23)12-13-35(34,9)28(33)30(43)44/h12,20-23,25-29H,10-11,13-19,37H2,1-9H3,(H2,38,40)(H,43,44)/t22-,23+,25+,26-,27-,28-,29+,32-,33-,34-,35+,36+/m1/s1. The van der Waals surface area contributed by atoms with E-state index in [0.717, 1.165) is 38.5 Å². The van der Waals surface area contributed by atoms with Gasteiger partial charge in [-0.05, 0) is 95.0 Å². The Kier molecular flexibility index (Phi) is 8.28. The Morgan fingerprint density at radius 1 is 1.09 bits per heavy atom. The van der Waals surface area contributed by atoms with Gasteiger partial charge in [0.15, 0.2) is 0 Å². The van der Waals surface area contributed by atoms with E-state index in [0.29, 0.717) is 37.6 Å². The first-order valence-corrected chi connectivity index (χ1v) is 17.9. The molecule has 2 bridgehead atoms. The number of anilines is 1. The Bertz CT molecular complexity index is 1360. The second kappa shape index (κ2) is 11.3. The minimum absolute atomic E-state index is 0.111. The third-order valence-electron chi connectivity index (χ3n) is 15.1. The molecule has 0 aromatic carbocycles. The molecule has 6 rings (SSSR count). The Balaban J connectivity index is 1.50. The number of carbonyl (C=O) groups is 1. The Morgan fingerprint density at radius 2 is 1.80 bits per heavy atom. The van der Waals surface area contributed by atoms with E-state index in [1.807, 2.05) is 0 Å². The molecule has 5 N–H and O–H groups in total. The number of fused-ring (bicyclic) bond motifs is 3. The second-order valence-electron chi connectivity index (χ2n) is 17.8. The van der Waals surface area contributed by atoms with Crippen LogP contribution in [0.25, 0.3) is 0 Å². The molecule has 10 nitrogen and oxygen atoms in total. The summed E-state index contributed by atoms with van der Waals surface area (Å²) in [4.78, 5) is 15.1. The van der Waals surface area contributed by atoms with Gasteiger partial charge in [-0.2, -0.15) is 4.80 Å². The number of hydrogen-bond acceptors (Lipinski definition) is 8. The molecule has 4 fully saturated rings. The first kappa shape index (κ1) is 33.8. The van der Waals surface area contributed by atoms with E-state index in [1.165, 1.54) is 5.57 Å². The molecule has 1 aliphatic heterocycles. The number of aromatic nitrogens is 4. The van der Waals surface area contributed by atoms with Crippen LogP contribution in [0.3, 0.4) is 0 Å². The van der Waals surface area contributed by atoms with Gasteiger partial charge >= 0.3 is 5.97 Å². The maximum absolute atomic E-state index is 13.5. The van der Waals surface area contributed by atoms with Crippen molar-refractivity contribution in [2.45, 2.75) is 119 Å². The monoisotopic (exact) mass is 640 g/mol. The molecule has 0 amide bonds. The lowest BCUT2D eigenvalue weighted by Crippen LogP contribution is -2.70. The molecule has 1 aromatic heterocycles. The summed E-state index contributed by atoms with van der Waals surface area (Å²) in [6, 6.07) is -0.290. The number of rotatable bonds is 8. The number of nitrogen functional groups attached to an aromatic ring is 1. The van der Waals surface area contributed by atoms with Crippen molar-refractivity contribution < 1.29 is 19.4 Å². The van der Waals surface area contributed by atoms with Crippen LogP contribution in [0.15, 0.2) is 11.6 Å². The van der Waals surface area contributed by atoms with Gasteiger partial charge in [0, 0.05) is 11.5 Å². The Hall–Kier alpha value is -2.04. The van der Waals surface area contributed by atoms with Crippen LogP contribution in [-0.4, -0.2) is 63.2 Å². The maximum Gasteiger partial charge on any atom is 0.307 e. The quantitative estimate of drug-likeness (QED) is 0.302. The number of ether oxygens (including phenoxy) is 2. The lowest BCUT2D eigenvalue weighted by atomic mass is 9.34. The van der Waals surface area contributed by atoms with Gasteiger partial charge < -0.3 is 26.0 Å². The van der Waals surface area contributed by atoms with Crippen LogP contribution < -0.4 is 11.5 Å². The molecule has 3 saturated carbocycles. The van der Waals surface area contributed by atoms with Gasteiger partial charge in [0.25, 0.3) is 5.95 Å². The molecule has 1 saturated heterocycles. The molecule has 1 aromatic rings. The van der Waals surface area contributed by atoms with Crippen molar-refractivity contribution in [1.29, 1.82) is 0 Å². The largest absolute Gasteiger partial charge is 0.481 e. The Labute approximate surface area is 275 Å². The molecular formula is C36H60N6O4. The third-order valence-corrected chi connectivity index (χ3v) is 15.1. The van der Waals surface area contributed by atoms with Crippen molar-refractivity contribution in [3.05, 3.63) is 11.6 Å². The van der Waals surface area contributed by atoms with E-state index < -0.39 is 22.7 Å². The van der Waals surface area contributed by atoms with E-state index in [2.05, 4.69) is 83.8 Å². The molecular weight excluding hydrogens is 580 g/mol. The second-order valence-corrected chi connectivity index (χ2v) is 17.8. The number of aliphatic carboxylic acids is 1. The fraction of sp³-hybridized carbons (Fsp3) is 0.889. The SMILES string of the molecule is CC(C)[C@@H](C)[C@@]1(C)CC[C@]2(C)[C@H]3CC[C@@H]4[C@@]5(C)COC[C@@]4(C3=CC[C@@]2(C)[C@@H]1C(=O)O)[C@@H](OC[C@H](N)C(C)C)[C@H](n1nnc(N)n1)C5. The molecule has 258 valence electrons. The molecule has 12 atom stereocenters. The number of hydrogen-bond donors (Lipinski definition) is 3. The smallest absolute Gasteiger partial charge is 0.307 e. The highest BCUT2D eigenvalue weighted by molar-refractivity contribution is 5.73. The van der Waals surface area contributed by atoms with Crippen LogP contribution in [0.5, 0.6) is 0 Å². The zero-order valence-electron chi connectivity index (χ0n) is 29.8.